The van der Waals surface area contributed by atoms with Gasteiger partial charge in [0.05, 0.1) is 5.69 Å². The Morgan fingerprint density at radius 2 is 2.31 bits per heavy atom. The van der Waals surface area contributed by atoms with E-state index in [1.807, 2.05) is 24.4 Å². The lowest BCUT2D eigenvalue weighted by Crippen LogP contribution is -2.37. The molecule has 0 bridgehead atoms. The summed E-state index contributed by atoms with van der Waals surface area (Å²) in [6.45, 7) is 2.95. The van der Waals surface area contributed by atoms with Crippen LogP contribution in [0.5, 0.6) is 0 Å². The van der Waals surface area contributed by atoms with Crippen LogP contribution in [0.25, 0.3) is 6.08 Å². The maximum Gasteiger partial charge on any atom is 0.0647 e. The van der Waals surface area contributed by atoms with Crippen molar-refractivity contribution in [3.8, 4) is 0 Å². The van der Waals surface area contributed by atoms with Gasteiger partial charge in [0, 0.05) is 31.5 Å². The minimum absolute atomic E-state index is 0.913. The van der Waals surface area contributed by atoms with Crippen LogP contribution in [-0.4, -0.2) is 24.6 Å². The van der Waals surface area contributed by atoms with E-state index in [2.05, 4.69) is 21.7 Å². The molecular weight excluding hydrogens is 162 g/mol. The minimum Gasteiger partial charge on any atom is -0.386 e. The molecule has 2 N–H and O–H groups in total. The Morgan fingerprint density at radius 3 is 3.00 bits per heavy atom. The minimum atomic E-state index is 0.913. The Labute approximate surface area is 77.9 Å². The highest BCUT2D eigenvalue weighted by Crippen LogP contribution is 2.01. The normalized spacial score (nSPS) is 19.8. The van der Waals surface area contributed by atoms with Crippen LogP contribution in [0.1, 0.15) is 5.69 Å². The second-order valence-corrected chi connectivity index (χ2v) is 3.03. The van der Waals surface area contributed by atoms with Crippen LogP contribution < -0.4 is 10.6 Å². The number of pyridine rings is 1. The second kappa shape index (κ2) is 4.05. The number of piperazine rings is 1. The van der Waals surface area contributed by atoms with Gasteiger partial charge in [0.25, 0.3) is 0 Å². The summed E-state index contributed by atoms with van der Waals surface area (Å²) in [4.78, 5) is 4.23. The summed E-state index contributed by atoms with van der Waals surface area (Å²) in [6, 6.07) is 5.92. The van der Waals surface area contributed by atoms with Crippen molar-refractivity contribution in [1.29, 1.82) is 0 Å². The van der Waals surface area contributed by atoms with Crippen LogP contribution in [0.3, 0.4) is 0 Å². The molecule has 0 aromatic carbocycles. The standard InChI is InChI=1S/C10H13N3/c1-2-4-12-9(3-1)7-10-8-11-5-6-13-10/h1-4,7,11,13H,5-6,8H2. The largest absolute Gasteiger partial charge is 0.386 e. The highest BCUT2D eigenvalue weighted by Gasteiger charge is 2.02. The molecule has 3 nitrogen and oxygen atoms in total. The van der Waals surface area contributed by atoms with E-state index in [-0.39, 0.29) is 0 Å². The molecule has 3 heteroatoms. The fraction of sp³-hybridized carbons (Fsp3) is 0.300. The van der Waals surface area contributed by atoms with Crippen molar-refractivity contribution >= 4 is 6.08 Å². The van der Waals surface area contributed by atoms with E-state index >= 15 is 0 Å². The molecule has 0 amide bonds. The van der Waals surface area contributed by atoms with Gasteiger partial charge < -0.3 is 10.6 Å². The van der Waals surface area contributed by atoms with Gasteiger partial charge in [-0.25, -0.2) is 0 Å². The predicted molar refractivity (Wildman–Crippen MR) is 53.1 cm³/mol. The molecule has 1 aromatic rings. The zero-order chi connectivity index (χ0) is 8.93. The van der Waals surface area contributed by atoms with Crippen molar-refractivity contribution in [2.45, 2.75) is 0 Å². The highest BCUT2D eigenvalue weighted by molar-refractivity contribution is 5.48. The molecule has 1 fully saturated rings. The molecule has 0 spiro atoms. The van der Waals surface area contributed by atoms with Crippen LogP contribution in [0.2, 0.25) is 0 Å². The van der Waals surface area contributed by atoms with E-state index in [1.54, 1.807) is 0 Å². The molecule has 1 aliphatic rings. The van der Waals surface area contributed by atoms with Crippen LogP contribution in [-0.2, 0) is 0 Å². The summed E-state index contributed by atoms with van der Waals surface area (Å²) in [5, 5.41) is 6.62. The highest BCUT2D eigenvalue weighted by atomic mass is 15.0. The molecule has 0 atom stereocenters. The van der Waals surface area contributed by atoms with Crippen LogP contribution in [0, 0.1) is 0 Å². The number of nitrogens with one attached hydrogen (secondary N) is 2. The third-order valence-corrected chi connectivity index (χ3v) is 1.98. The SMILES string of the molecule is C(=C1CNCCN1)c1ccccn1. The van der Waals surface area contributed by atoms with Gasteiger partial charge in [-0.15, -0.1) is 0 Å². The van der Waals surface area contributed by atoms with Gasteiger partial charge in [-0.2, -0.15) is 0 Å². The maximum absolute atomic E-state index is 4.23. The van der Waals surface area contributed by atoms with E-state index in [0.717, 1.165) is 25.3 Å². The van der Waals surface area contributed by atoms with Crippen molar-refractivity contribution in [3.05, 3.63) is 35.8 Å². The molecule has 0 unspecified atom stereocenters. The van der Waals surface area contributed by atoms with E-state index in [1.165, 1.54) is 5.70 Å². The monoisotopic (exact) mass is 175 g/mol. The fourth-order valence-electron chi connectivity index (χ4n) is 1.34. The van der Waals surface area contributed by atoms with Gasteiger partial charge in [-0.1, -0.05) is 6.07 Å². The molecule has 1 aliphatic heterocycles. The number of hydrogen-bond acceptors (Lipinski definition) is 3. The van der Waals surface area contributed by atoms with E-state index in [9.17, 15) is 0 Å². The summed E-state index contributed by atoms with van der Waals surface area (Å²) in [5.74, 6) is 0. The first-order valence-electron chi connectivity index (χ1n) is 4.51. The van der Waals surface area contributed by atoms with Gasteiger partial charge >= 0.3 is 0 Å². The van der Waals surface area contributed by atoms with Crippen molar-refractivity contribution in [2.75, 3.05) is 19.6 Å². The summed E-state index contributed by atoms with van der Waals surface area (Å²) >= 11 is 0. The average molecular weight is 175 g/mol. The Kier molecular flexibility index (Phi) is 2.57. The van der Waals surface area contributed by atoms with Crippen LogP contribution in [0.15, 0.2) is 30.1 Å². The van der Waals surface area contributed by atoms with Crippen molar-refractivity contribution in [2.24, 2.45) is 0 Å². The molecule has 13 heavy (non-hydrogen) atoms. The van der Waals surface area contributed by atoms with E-state index in [0.29, 0.717) is 0 Å². The first kappa shape index (κ1) is 8.26. The smallest absolute Gasteiger partial charge is 0.0647 e. The van der Waals surface area contributed by atoms with Gasteiger partial charge in [-0.05, 0) is 18.2 Å². The maximum atomic E-state index is 4.23. The lowest BCUT2D eigenvalue weighted by molar-refractivity contribution is 0.602. The first-order valence-corrected chi connectivity index (χ1v) is 4.51. The fourth-order valence-corrected chi connectivity index (χ4v) is 1.34. The number of nitrogens with zero attached hydrogens (tertiary/aromatic N) is 1. The molecule has 1 saturated heterocycles. The Hall–Kier alpha value is -1.35. The summed E-state index contributed by atoms with van der Waals surface area (Å²) in [5.41, 5.74) is 2.22. The molecule has 0 aliphatic carbocycles. The molecule has 0 radical (unpaired) electrons. The number of hydrogen-bond donors (Lipinski definition) is 2. The Bertz CT molecular complexity index is 284. The molecular formula is C10H13N3. The summed E-state index contributed by atoms with van der Waals surface area (Å²) in [7, 11) is 0. The first-order chi connectivity index (χ1) is 6.45. The zero-order valence-corrected chi connectivity index (χ0v) is 7.46. The van der Waals surface area contributed by atoms with Crippen molar-refractivity contribution < 1.29 is 0 Å². The molecule has 2 rings (SSSR count). The lowest BCUT2D eigenvalue weighted by atomic mass is 10.2. The Morgan fingerprint density at radius 1 is 1.31 bits per heavy atom. The number of aromatic nitrogens is 1. The number of rotatable bonds is 1. The van der Waals surface area contributed by atoms with Crippen molar-refractivity contribution in [1.82, 2.24) is 15.6 Å². The lowest BCUT2D eigenvalue weighted by Gasteiger charge is -2.17. The van der Waals surface area contributed by atoms with Crippen LogP contribution in [0.4, 0.5) is 0 Å². The molecule has 0 saturated carbocycles. The second-order valence-electron chi connectivity index (χ2n) is 3.03. The van der Waals surface area contributed by atoms with Crippen LogP contribution >= 0.6 is 0 Å². The topological polar surface area (TPSA) is 37.0 Å². The summed E-state index contributed by atoms with van der Waals surface area (Å²) < 4.78 is 0. The Balaban J connectivity index is 2.10. The van der Waals surface area contributed by atoms with Gasteiger partial charge in [0.15, 0.2) is 0 Å². The molecule has 68 valence electrons. The quantitative estimate of drug-likeness (QED) is 0.657. The zero-order valence-electron chi connectivity index (χ0n) is 7.46. The average Bonchev–Trinajstić information content (AvgIpc) is 2.21. The third kappa shape index (κ3) is 2.29. The van der Waals surface area contributed by atoms with Crippen molar-refractivity contribution in [3.63, 3.8) is 0 Å². The van der Waals surface area contributed by atoms with Gasteiger partial charge in [-0.3, -0.25) is 4.98 Å². The third-order valence-electron chi connectivity index (χ3n) is 1.98. The van der Waals surface area contributed by atoms with Gasteiger partial charge in [0.2, 0.25) is 0 Å². The predicted octanol–water partition coefficient (Wildman–Crippen LogP) is 0.615. The van der Waals surface area contributed by atoms with E-state index < -0.39 is 0 Å². The van der Waals surface area contributed by atoms with E-state index in [4.69, 9.17) is 0 Å². The summed E-state index contributed by atoms with van der Waals surface area (Å²) in [6.07, 6.45) is 3.88. The molecule has 2 heterocycles. The van der Waals surface area contributed by atoms with Gasteiger partial charge in [0.1, 0.15) is 0 Å². The molecule has 1 aromatic heterocycles.